The van der Waals surface area contributed by atoms with E-state index >= 15 is 0 Å². The number of piperazine rings is 1. The third-order valence-electron chi connectivity index (χ3n) is 5.51. The molecule has 0 bridgehead atoms. The standard InChI is InChI=1S/C24H26N4O/c1-3-18-11-12-22(27-23(18)24(29)20-10-7-13-25-17(20)2)28-15-14-26-21(16-28)19-8-5-4-6-9-19/h4-13,21,26H,3,14-16H2,1-2H3. The molecule has 29 heavy (non-hydrogen) atoms. The number of hydrogen-bond donors (Lipinski definition) is 1. The Morgan fingerprint density at radius 3 is 2.72 bits per heavy atom. The fraction of sp³-hybridized carbons (Fsp3) is 0.292. The maximum absolute atomic E-state index is 13.2. The maximum atomic E-state index is 13.2. The summed E-state index contributed by atoms with van der Waals surface area (Å²) in [4.78, 5) is 24.6. The molecule has 1 fully saturated rings. The summed E-state index contributed by atoms with van der Waals surface area (Å²) in [6.45, 7) is 6.48. The third kappa shape index (κ3) is 4.05. The molecule has 0 aliphatic carbocycles. The van der Waals surface area contributed by atoms with Crippen LogP contribution in [-0.4, -0.2) is 35.4 Å². The minimum atomic E-state index is -0.0518. The number of hydrogen-bond acceptors (Lipinski definition) is 5. The molecular formula is C24H26N4O. The molecular weight excluding hydrogens is 360 g/mol. The highest BCUT2D eigenvalue weighted by Crippen LogP contribution is 2.24. The largest absolute Gasteiger partial charge is 0.353 e. The number of rotatable bonds is 5. The summed E-state index contributed by atoms with van der Waals surface area (Å²) in [6, 6.07) is 18.4. The lowest BCUT2D eigenvalue weighted by molar-refractivity contribution is 0.103. The van der Waals surface area contributed by atoms with Crippen molar-refractivity contribution in [3.8, 4) is 0 Å². The predicted octanol–water partition coefficient (Wildman–Crippen LogP) is 3.73. The smallest absolute Gasteiger partial charge is 0.213 e. The summed E-state index contributed by atoms with van der Waals surface area (Å²) in [5.41, 5.74) is 4.13. The number of nitrogens with zero attached hydrogens (tertiary/aromatic N) is 3. The van der Waals surface area contributed by atoms with Crippen LogP contribution < -0.4 is 10.2 Å². The Labute approximate surface area is 171 Å². The van der Waals surface area contributed by atoms with Gasteiger partial charge in [-0.1, -0.05) is 43.3 Å². The van der Waals surface area contributed by atoms with Gasteiger partial charge in [-0.15, -0.1) is 0 Å². The van der Waals surface area contributed by atoms with Gasteiger partial charge < -0.3 is 10.2 Å². The summed E-state index contributed by atoms with van der Waals surface area (Å²) in [7, 11) is 0. The Balaban J connectivity index is 1.64. The first-order valence-electron chi connectivity index (χ1n) is 10.2. The van der Waals surface area contributed by atoms with Gasteiger partial charge in [0.15, 0.2) is 0 Å². The highest BCUT2D eigenvalue weighted by Gasteiger charge is 2.24. The highest BCUT2D eigenvalue weighted by atomic mass is 16.1. The van der Waals surface area contributed by atoms with Crippen LogP contribution in [0.4, 0.5) is 5.82 Å². The van der Waals surface area contributed by atoms with E-state index in [2.05, 4.69) is 46.4 Å². The van der Waals surface area contributed by atoms with E-state index in [9.17, 15) is 4.79 Å². The zero-order valence-electron chi connectivity index (χ0n) is 16.9. The Morgan fingerprint density at radius 2 is 1.97 bits per heavy atom. The van der Waals surface area contributed by atoms with E-state index in [1.165, 1.54) is 5.56 Å². The lowest BCUT2D eigenvalue weighted by Gasteiger charge is -2.35. The summed E-state index contributed by atoms with van der Waals surface area (Å²) in [6.07, 6.45) is 2.48. The van der Waals surface area contributed by atoms with Crippen molar-refractivity contribution in [1.29, 1.82) is 0 Å². The molecule has 5 nitrogen and oxygen atoms in total. The number of aryl methyl sites for hydroxylation is 2. The minimum absolute atomic E-state index is 0.0518. The normalized spacial score (nSPS) is 16.6. The Hall–Kier alpha value is -3.05. The van der Waals surface area contributed by atoms with Crippen molar-refractivity contribution in [3.63, 3.8) is 0 Å². The molecule has 0 radical (unpaired) electrons. The molecule has 1 aromatic carbocycles. The third-order valence-corrected chi connectivity index (χ3v) is 5.51. The zero-order valence-corrected chi connectivity index (χ0v) is 16.9. The van der Waals surface area contributed by atoms with Crippen molar-refractivity contribution in [1.82, 2.24) is 15.3 Å². The quantitative estimate of drug-likeness (QED) is 0.677. The minimum Gasteiger partial charge on any atom is -0.353 e. The van der Waals surface area contributed by atoms with Gasteiger partial charge in [-0.05, 0) is 42.7 Å². The fourth-order valence-corrected chi connectivity index (χ4v) is 3.85. The summed E-state index contributed by atoms with van der Waals surface area (Å²) >= 11 is 0. The Kier molecular flexibility index (Phi) is 5.67. The van der Waals surface area contributed by atoms with Crippen molar-refractivity contribution in [2.75, 3.05) is 24.5 Å². The number of anilines is 1. The van der Waals surface area contributed by atoms with Crippen LogP contribution in [0.15, 0.2) is 60.8 Å². The van der Waals surface area contributed by atoms with Gasteiger partial charge in [0.2, 0.25) is 5.78 Å². The van der Waals surface area contributed by atoms with Gasteiger partial charge in [-0.25, -0.2) is 4.98 Å². The number of carbonyl (C=O) groups excluding carboxylic acids is 1. The molecule has 1 aliphatic rings. The van der Waals surface area contributed by atoms with E-state index < -0.39 is 0 Å². The lowest BCUT2D eigenvalue weighted by Crippen LogP contribution is -2.46. The van der Waals surface area contributed by atoms with Gasteiger partial charge in [-0.3, -0.25) is 9.78 Å². The summed E-state index contributed by atoms with van der Waals surface area (Å²) < 4.78 is 0. The number of aromatic nitrogens is 2. The molecule has 2 aromatic heterocycles. The second-order valence-corrected chi connectivity index (χ2v) is 7.36. The van der Waals surface area contributed by atoms with Gasteiger partial charge in [0.05, 0.1) is 0 Å². The van der Waals surface area contributed by atoms with Crippen molar-refractivity contribution in [3.05, 3.63) is 88.9 Å². The molecule has 1 atom stereocenters. The lowest BCUT2D eigenvalue weighted by atomic mass is 10.0. The zero-order chi connectivity index (χ0) is 20.2. The first-order chi connectivity index (χ1) is 14.2. The molecule has 3 aromatic rings. The Morgan fingerprint density at radius 1 is 1.14 bits per heavy atom. The molecule has 1 saturated heterocycles. The van der Waals surface area contributed by atoms with Crippen LogP contribution in [0.2, 0.25) is 0 Å². The average molecular weight is 386 g/mol. The van der Waals surface area contributed by atoms with Crippen molar-refractivity contribution in [2.45, 2.75) is 26.3 Å². The van der Waals surface area contributed by atoms with E-state index in [1.807, 2.05) is 31.2 Å². The molecule has 0 amide bonds. The average Bonchev–Trinajstić information content (AvgIpc) is 2.79. The van der Waals surface area contributed by atoms with E-state index in [4.69, 9.17) is 4.98 Å². The summed E-state index contributed by atoms with van der Waals surface area (Å²) in [5.74, 6) is 0.804. The molecule has 1 unspecified atom stereocenters. The SMILES string of the molecule is CCc1ccc(N2CCNC(c3ccccc3)C2)nc1C(=O)c1cccnc1C. The van der Waals surface area contributed by atoms with Crippen molar-refractivity contribution in [2.24, 2.45) is 0 Å². The molecule has 148 valence electrons. The molecule has 1 N–H and O–H groups in total. The van der Waals surface area contributed by atoms with Crippen LogP contribution in [0.1, 0.15) is 45.8 Å². The van der Waals surface area contributed by atoms with E-state index in [-0.39, 0.29) is 11.8 Å². The first-order valence-corrected chi connectivity index (χ1v) is 10.2. The van der Waals surface area contributed by atoms with Gasteiger partial charge in [0.25, 0.3) is 0 Å². The van der Waals surface area contributed by atoms with Crippen LogP contribution in [0, 0.1) is 6.92 Å². The van der Waals surface area contributed by atoms with Crippen molar-refractivity contribution < 1.29 is 4.79 Å². The van der Waals surface area contributed by atoms with Gasteiger partial charge in [0.1, 0.15) is 11.5 Å². The van der Waals surface area contributed by atoms with Gasteiger partial charge in [-0.2, -0.15) is 0 Å². The summed E-state index contributed by atoms with van der Waals surface area (Å²) in [5, 5.41) is 3.58. The molecule has 0 spiro atoms. The van der Waals surface area contributed by atoms with E-state index in [0.29, 0.717) is 11.3 Å². The molecule has 3 heterocycles. The van der Waals surface area contributed by atoms with Crippen LogP contribution in [0.5, 0.6) is 0 Å². The van der Waals surface area contributed by atoms with E-state index in [1.54, 1.807) is 12.3 Å². The number of pyridine rings is 2. The van der Waals surface area contributed by atoms with Crippen LogP contribution in [0.3, 0.4) is 0 Å². The number of nitrogens with one attached hydrogen (secondary N) is 1. The number of ketones is 1. The molecule has 0 saturated carbocycles. The monoisotopic (exact) mass is 386 g/mol. The van der Waals surface area contributed by atoms with Gasteiger partial charge in [0, 0.05) is 43.1 Å². The van der Waals surface area contributed by atoms with Gasteiger partial charge >= 0.3 is 0 Å². The number of benzene rings is 1. The van der Waals surface area contributed by atoms with Crippen molar-refractivity contribution >= 4 is 11.6 Å². The predicted molar refractivity (Wildman–Crippen MR) is 115 cm³/mol. The highest BCUT2D eigenvalue weighted by molar-refractivity contribution is 6.09. The second-order valence-electron chi connectivity index (χ2n) is 7.36. The second kappa shape index (κ2) is 8.53. The Bertz CT molecular complexity index is 1000. The van der Waals surface area contributed by atoms with Crippen LogP contribution in [-0.2, 0) is 6.42 Å². The topological polar surface area (TPSA) is 58.1 Å². The molecule has 1 aliphatic heterocycles. The van der Waals surface area contributed by atoms with E-state index in [0.717, 1.165) is 43.1 Å². The fourth-order valence-electron chi connectivity index (χ4n) is 3.85. The first kappa shape index (κ1) is 19.3. The number of carbonyl (C=O) groups is 1. The molecule has 5 heteroatoms. The molecule has 4 rings (SSSR count). The maximum Gasteiger partial charge on any atom is 0.213 e. The van der Waals surface area contributed by atoms with Crippen LogP contribution in [0.25, 0.3) is 0 Å². The van der Waals surface area contributed by atoms with Crippen LogP contribution >= 0.6 is 0 Å².